The summed E-state index contributed by atoms with van der Waals surface area (Å²) >= 11 is 0. The van der Waals surface area contributed by atoms with Crippen LogP contribution in [-0.2, 0) is 0 Å². The van der Waals surface area contributed by atoms with Gasteiger partial charge in [0.25, 0.3) is 0 Å². The molecule has 2 saturated carbocycles. The van der Waals surface area contributed by atoms with Crippen LogP contribution < -0.4 is 10.1 Å². The third kappa shape index (κ3) is 2.99. The van der Waals surface area contributed by atoms with Crippen molar-refractivity contribution in [1.29, 1.82) is 0 Å². The molecule has 2 fully saturated rings. The fourth-order valence-electron chi connectivity index (χ4n) is 3.24. The maximum Gasteiger partial charge on any atom is 0.119 e. The number of aliphatic hydroxyl groups is 1. The average molecular weight is 275 g/mol. The Morgan fingerprint density at radius 2 is 2.15 bits per heavy atom. The van der Waals surface area contributed by atoms with Crippen molar-refractivity contribution in [3.05, 3.63) is 29.8 Å². The molecule has 2 N–H and O–H groups in total. The summed E-state index contributed by atoms with van der Waals surface area (Å²) in [5.41, 5.74) is 1.83. The van der Waals surface area contributed by atoms with Crippen LogP contribution in [0.15, 0.2) is 24.3 Å². The highest BCUT2D eigenvalue weighted by Crippen LogP contribution is 2.48. The molecule has 3 nitrogen and oxygen atoms in total. The number of hydrogen-bond acceptors (Lipinski definition) is 3. The van der Waals surface area contributed by atoms with Crippen LogP contribution in [0.3, 0.4) is 0 Å². The van der Waals surface area contributed by atoms with Gasteiger partial charge in [0.05, 0.1) is 7.11 Å². The van der Waals surface area contributed by atoms with E-state index in [1.54, 1.807) is 7.11 Å². The smallest absolute Gasteiger partial charge is 0.119 e. The van der Waals surface area contributed by atoms with Crippen molar-refractivity contribution in [2.75, 3.05) is 20.3 Å². The Hall–Kier alpha value is -1.06. The third-order valence-corrected chi connectivity index (χ3v) is 5.07. The van der Waals surface area contributed by atoms with E-state index >= 15 is 0 Å². The highest BCUT2D eigenvalue weighted by molar-refractivity contribution is 5.32. The molecule has 0 aromatic heterocycles. The summed E-state index contributed by atoms with van der Waals surface area (Å²) in [5, 5.41) is 12.8. The highest BCUT2D eigenvalue weighted by atomic mass is 16.5. The Kier molecular flexibility index (Phi) is 3.99. The fraction of sp³-hybridized carbons (Fsp3) is 0.647. The van der Waals surface area contributed by atoms with E-state index in [4.69, 9.17) is 9.84 Å². The molecule has 2 aliphatic rings. The molecule has 0 heterocycles. The van der Waals surface area contributed by atoms with Crippen molar-refractivity contribution in [2.24, 2.45) is 5.41 Å². The van der Waals surface area contributed by atoms with E-state index < -0.39 is 0 Å². The lowest BCUT2D eigenvalue weighted by Gasteiger charge is -2.37. The first-order chi connectivity index (χ1) is 9.74. The zero-order valence-corrected chi connectivity index (χ0v) is 12.3. The summed E-state index contributed by atoms with van der Waals surface area (Å²) < 4.78 is 5.29. The quantitative estimate of drug-likeness (QED) is 0.804. The monoisotopic (exact) mass is 275 g/mol. The minimum atomic E-state index is 0.332. The Morgan fingerprint density at radius 3 is 2.80 bits per heavy atom. The SMILES string of the molecule is COc1cccc(C2CC(NCC3(CCO)CC3)C2)c1. The Morgan fingerprint density at radius 1 is 1.35 bits per heavy atom. The maximum atomic E-state index is 9.08. The molecular formula is C17H25NO2. The molecular weight excluding hydrogens is 250 g/mol. The van der Waals surface area contributed by atoms with Crippen molar-refractivity contribution < 1.29 is 9.84 Å². The molecule has 0 bridgehead atoms. The van der Waals surface area contributed by atoms with Gasteiger partial charge in [0.15, 0.2) is 0 Å². The largest absolute Gasteiger partial charge is 0.497 e. The number of nitrogens with one attached hydrogen (secondary N) is 1. The van der Waals surface area contributed by atoms with Gasteiger partial charge in [0, 0.05) is 19.2 Å². The molecule has 0 atom stereocenters. The predicted molar refractivity (Wildman–Crippen MR) is 80.1 cm³/mol. The lowest BCUT2D eigenvalue weighted by molar-refractivity contribution is 0.224. The van der Waals surface area contributed by atoms with E-state index in [-0.39, 0.29) is 0 Å². The van der Waals surface area contributed by atoms with Crippen LogP contribution in [0.25, 0.3) is 0 Å². The van der Waals surface area contributed by atoms with Gasteiger partial charge in [-0.3, -0.25) is 0 Å². The van der Waals surface area contributed by atoms with Gasteiger partial charge in [-0.2, -0.15) is 0 Å². The Bertz CT molecular complexity index is 450. The van der Waals surface area contributed by atoms with Crippen molar-refractivity contribution in [3.8, 4) is 5.75 Å². The van der Waals surface area contributed by atoms with Gasteiger partial charge in [0.1, 0.15) is 5.75 Å². The van der Waals surface area contributed by atoms with E-state index in [1.807, 2.05) is 6.07 Å². The van der Waals surface area contributed by atoms with E-state index in [0.717, 1.165) is 18.7 Å². The zero-order chi connectivity index (χ0) is 14.0. The molecule has 3 heteroatoms. The minimum Gasteiger partial charge on any atom is -0.497 e. The van der Waals surface area contributed by atoms with E-state index in [9.17, 15) is 0 Å². The van der Waals surface area contributed by atoms with Crippen LogP contribution >= 0.6 is 0 Å². The minimum absolute atomic E-state index is 0.332. The summed E-state index contributed by atoms with van der Waals surface area (Å²) in [5.74, 6) is 1.63. The molecule has 20 heavy (non-hydrogen) atoms. The Labute approximate surface area is 121 Å². The predicted octanol–water partition coefficient (Wildman–Crippen LogP) is 2.69. The highest BCUT2D eigenvalue weighted by Gasteiger charge is 2.42. The van der Waals surface area contributed by atoms with Gasteiger partial charge in [-0.1, -0.05) is 12.1 Å². The molecule has 0 unspecified atom stereocenters. The first-order valence-electron chi connectivity index (χ1n) is 7.73. The van der Waals surface area contributed by atoms with Gasteiger partial charge < -0.3 is 15.2 Å². The van der Waals surface area contributed by atoms with Crippen molar-refractivity contribution >= 4 is 0 Å². The number of ether oxygens (including phenoxy) is 1. The molecule has 0 aliphatic heterocycles. The Balaban J connectivity index is 1.44. The second-order valence-corrected chi connectivity index (χ2v) is 6.50. The lowest BCUT2D eigenvalue weighted by atomic mass is 9.75. The van der Waals surface area contributed by atoms with Crippen LogP contribution in [0, 0.1) is 5.41 Å². The van der Waals surface area contributed by atoms with E-state index in [2.05, 4.69) is 23.5 Å². The van der Waals surface area contributed by atoms with Crippen molar-refractivity contribution in [1.82, 2.24) is 5.32 Å². The van der Waals surface area contributed by atoms with Crippen LogP contribution in [0.5, 0.6) is 5.75 Å². The molecule has 3 rings (SSSR count). The molecule has 0 radical (unpaired) electrons. The number of benzene rings is 1. The van der Waals surface area contributed by atoms with Gasteiger partial charge in [-0.15, -0.1) is 0 Å². The number of methoxy groups -OCH3 is 1. The third-order valence-electron chi connectivity index (χ3n) is 5.07. The molecule has 0 spiro atoms. The molecule has 0 amide bonds. The molecule has 1 aromatic carbocycles. The average Bonchev–Trinajstić information content (AvgIpc) is 3.18. The number of rotatable bonds is 7. The van der Waals surface area contributed by atoms with Crippen LogP contribution in [0.4, 0.5) is 0 Å². The topological polar surface area (TPSA) is 41.5 Å². The maximum absolute atomic E-state index is 9.08. The summed E-state index contributed by atoms with van der Waals surface area (Å²) in [4.78, 5) is 0. The van der Waals surface area contributed by atoms with Gasteiger partial charge in [-0.05, 0) is 61.1 Å². The van der Waals surface area contributed by atoms with Crippen molar-refractivity contribution in [3.63, 3.8) is 0 Å². The van der Waals surface area contributed by atoms with E-state index in [0.29, 0.717) is 24.0 Å². The second kappa shape index (κ2) is 5.74. The first kappa shape index (κ1) is 13.9. The van der Waals surface area contributed by atoms with Crippen LogP contribution in [0.1, 0.15) is 43.6 Å². The summed E-state index contributed by atoms with van der Waals surface area (Å²) in [6.07, 6.45) is 5.98. The van der Waals surface area contributed by atoms with Crippen LogP contribution in [-0.4, -0.2) is 31.4 Å². The zero-order valence-electron chi connectivity index (χ0n) is 12.3. The van der Waals surface area contributed by atoms with Gasteiger partial charge in [0.2, 0.25) is 0 Å². The summed E-state index contributed by atoms with van der Waals surface area (Å²) in [6, 6.07) is 9.10. The number of hydrogen-bond donors (Lipinski definition) is 2. The summed E-state index contributed by atoms with van der Waals surface area (Å²) in [7, 11) is 1.72. The van der Waals surface area contributed by atoms with Gasteiger partial charge in [-0.25, -0.2) is 0 Å². The molecule has 0 saturated heterocycles. The fourth-order valence-corrected chi connectivity index (χ4v) is 3.24. The van der Waals surface area contributed by atoms with Crippen LogP contribution in [0.2, 0.25) is 0 Å². The molecule has 2 aliphatic carbocycles. The normalized spacial score (nSPS) is 26.9. The molecule has 110 valence electrons. The second-order valence-electron chi connectivity index (χ2n) is 6.50. The van der Waals surface area contributed by atoms with Gasteiger partial charge >= 0.3 is 0 Å². The lowest BCUT2D eigenvalue weighted by Crippen LogP contribution is -2.42. The van der Waals surface area contributed by atoms with Crippen molar-refractivity contribution in [2.45, 2.75) is 44.1 Å². The summed E-state index contributed by atoms with van der Waals surface area (Å²) in [6.45, 7) is 1.42. The first-order valence-corrected chi connectivity index (χ1v) is 7.73. The molecule has 1 aromatic rings. The number of aliphatic hydroxyl groups excluding tert-OH is 1. The van der Waals surface area contributed by atoms with E-state index in [1.165, 1.54) is 31.2 Å². The standard InChI is InChI=1S/C17H25NO2/c1-20-16-4-2-3-13(11-16)14-9-15(10-14)18-12-17(5-6-17)7-8-19/h2-4,11,14-15,18-19H,5-10,12H2,1H3.